The maximum absolute atomic E-state index is 6.67. The van der Waals surface area contributed by atoms with Crippen LogP contribution in [0, 0.1) is 0 Å². The minimum absolute atomic E-state index is 0.874. The fourth-order valence-corrected chi connectivity index (χ4v) is 9.35. The second kappa shape index (κ2) is 11.9. The Labute approximate surface area is 310 Å². The van der Waals surface area contributed by atoms with Crippen LogP contribution in [0.4, 0.5) is 17.1 Å². The number of nitrogens with zero attached hydrogens (tertiary/aromatic N) is 1. The van der Waals surface area contributed by atoms with Crippen LogP contribution < -0.4 is 4.90 Å². The Balaban J connectivity index is 1.10. The Morgan fingerprint density at radius 3 is 1.75 bits per heavy atom. The first-order chi connectivity index (χ1) is 26.3. The van der Waals surface area contributed by atoms with Gasteiger partial charge in [0.15, 0.2) is 0 Å². The van der Waals surface area contributed by atoms with Crippen LogP contribution in [-0.2, 0) is 0 Å². The molecular formula is C50H31NOS. The van der Waals surface area contributed by atoms with E-state index in [9.17, 15) is 0 Å². The zero-order chi connectivity index (χ0) is 34.9. The summed E-state index contributed by atoms with van der Waals surface area (Å²) in [4.78, 5) is 2.38. The molecule has 0 spiro atoms. The second-order valence-corrected chi connectivity index (χ2v) is 14.7. The van der Waals surface area contributed by atoms with Gasteiger partial charge in [-0.2, -0.15) is 0 Å². The molecule has 0 N–H and O–H groups in total. The van der Waals surface area contributed by atoms with Crippen LogP contribution in [0.25, 0.3) is 85.9 Å². The lowest BCUT2D eigenvalue weighted by Crippen LogP contribution is -2.10. The van der Waals surface area contributed by atoms with Crippen molar-refractivity contribution in [2.75, 3.05) is 4.90 Å². The smallest absolute Gasteiger partial charge is 0.143 e. The molecule has 0 saturated carbocycles. The molecule has 53 heavy (non-hydrogen) atoms. The first-order valence-corrected chi connectivity index (χ1v) is 18.8. The van der Waals surface area contributed by atoms with Crippen LogP contribution in [-0.4, -0.2) is 0 Å². The summed E-state index contributed by atoms with van der Waals surface area (Å²) < 4.78 is 9.30. The van der Waals surface area contributed by atoms with E-state index >= 15 is 0 Å². The normalized spacial score (nSPS) is 11.8. The van der Waals surface area contributed by atoms with Gasteiger partial charge in [-0.05, 0) is 93.0 Å². The van der Waals surface area contributed by atoms with Gasteiger partial charge < -0.3 is 9.32 Å². The van der Waals surface area contributed by atoms with Crippen LogP contribution in [0.1, 0.15) is 0 Å². The van der Waals surface area contributed by atoms with Gasteiger partial charge in [0.05, 0.1) is 11.1 Å². The Kier molecular flexibility index (Phi) is 6.76. The summed E-state index contributed by atoms with van der Waals surface area (Å²) in [7, 11) is 0. The average Bonchev–Trinajstić information content (AvgIpc) is 3.81. The van der Waals surface area contributed by atoms with Crippen molar-refractivity contribution in [3.05, 3.63) is 188 Å². The van der Waals surface area contributed by atoms with Gasteiger partial charge in [-0.1, -0.05) is 133 Å². The van der Waals surface area contributed by atoms with Crippen LogP contribution >= 0.6 is 11.3 Å². The molecule has 9 aromatic carbocycles. The first-order valence-electron chi connectivity index (χ1n) is 18.0. The zero-order valence-electron chi connectivity index (χ0n) is 28.7. The number of rotatable bonds is 5. The molecule has 11 aromatic rings. The van der Waals surface area contributed by atoms with Gasteiger partial charge in [-0.15, -0.1) is 11.3 Å². The molecular weight excluding hydrogens is 663 g/mol. The number of benzene rings is 9. The van der Waals surface area contributed by atoms with Gasteiger partial charge in [0, 0.05) is 42.3 Å². The highest BCUT2D eigenvalue weighted by Crippen LogP contribution is 2.46. The van der Waals surface area contributed by atoms with E-state index in [2.05, 4.69) is 193 Å². The van der Waals surface area contributed by atoms with E-state index in [1.54, 1.807) is 0 Å². The largest absolute Gasteiger partial charge is 0.455 e. The SMILES string of the molecule is c1ccc2c(-c3ccc(N(c4ccc(-c5cccc6sc7ccccc7c56)cc4)c4cccc5oc6c7ccccc7ccc6c45)cc3)cccc2c1. The van der Waals surface area contributed by atoms with Gasteiger partial charge in [-0.25, -0.2) is 0 Å². The van der Waals surface area contributed by atoms with Crippen molar-refractivity contribution in [2.45, 2.75) is 0 Å². The molecule has 248 valence electrons. The lowest BCUT2D eigenvalue weighted by atomic mass is 9.97. The molecule has 2 nitrogen and oxygen atoms in total. The summed E-state index contributed by atoms with van der Waals surface area (Å²) in [6.45, 7) is 0. The standard InChI is InChI=1S/C50H31NOS/c1-3-13-38-32(10-1)12-7-16-39(38)34-22-27-36(28-23-34)51(44-18-9-19-45-49(44)43-31-26-33-11-2-4-14-41(33)50(43)52-45)37-29-24-35(25-30-37)40-17-8-21-47-48(40)42-15-5-6-20-46(42)53-47/h1-31H. The van der Waals surface area contributed by atoms with Crippen molar-refractivity contribution in [3.63, 3.8) is 0 Å². The van der Waals surface area contributed by atoms with Gasteiger partial charge in [0.1, 0.15) is 11.2 Å². The fourth-order valence-electron chi connectivity index (χ4n) is 8.22. The number of hydrogen-bond donors (Lipinski definition) is 0. The highest BCUT2D eigenvalue weighted by atomic mass is 32.1. The zero-order valence-corrected chi connectivity index (χ0v) is 29.5. The van der Waals surface area contributed by atoms with Gasteiger partial charge in [-0.3, -0.25) is 0 Å². The third-order valence-corrected chi connectivity index (χ3v) is 11.8. The highest BCUT2D eigenvalue weighted by molar-refractivity contribution is 7.25. The van der Waals surface area contributed by atoms with Crippen molar-refractivity contribution in [3.8, 4) is 22.3 Å². The van der Waals surface area contributed by atoms with Crippen molar-refractivity contribution >= 4 is 92.1 Å². The Morgan fingerprint density at radius 1 is 0.377 bits per heavy atom. The number of fused-ring (bicyclic) bond motifs is 9. The molecule has 0 amide bonds. The molecule has 0 radical (unpaired) electrons. The highest BCUT2D eigenvalue weighted by Gasteiger charge is 2.21. The fraction of sp³-hybridized carbons (Fsp3) is 0. The number of anilines is 3. The molecule has 0 saturated heterocycles. The lowest BCUT2D eigenvalue weighted by Gasteiger charge is -2.27. The third-order valence-electron chi connectivity index (χ3n) is 10.7. The van der Waals surface area contributed by atoms with E-state index in [0.29, 0.717) is 0 Å². The quantitative estimate of drug-likeness (QED) is 0.178. The van der Waals surface area contributed by atoms with Crippen LogP contribution in [0.3, 0.4) is 0 Å². The predicted octanol–water partition coefficient (Wildman–Crippen LogP) is 15.1. The summed E-state index contributed by atoms with van der Waals surface area (Å²) in [5.41, 5.74) is 9.91. The Morgan fingerprint density at radius 2 is 0.962 bits per heavy atom. The minimum atomic E-state index is 0.874. The summed E-state index contributed by atoms with van der Waals surface area (Å²) in [5, 5.41) is 9.64. The summed E-state index contributed by atoms with van der Waals surface area (Å²) in [6, 6.07) is 67.9. The molecule has 0 aliphatic carbocycles. The minimum Gasteiger partial charge on any atom is -0.455 e. The molecule has 11 rings (SSSR count). The van der Waals surface area contributed by atoms with Crippen LogP contribution in [0.15, 0.2) is 192 Å². The molecule has 2 heterocycles. The van der Waals surface area contributed by atoms with E-state index in [0.717, 1.165) is 44.4 Å². The molecule has 0 aliphatic heterocycles. The molecule has 0 bridgehead atoms. The average molecular weight is 694 g/mol. The second-order valence-electron chi connectivity index (χ2n) is 13.6. The van der Waals surface area contributed by atoms with Crippen molar-refractivity contribution in [1.29, 1.82) is 0 Å². The predicted molar refractivity (Wildman–Crippen MR) is 227 cm³/mol. The molecule has 0 fully saturated rings. The van der Waals surface area contributed by atoms with E-state index in [1.807, 2.05) is 11.3 Å². The summed E-state index contributed by atoms with van der Waals surface area (Å²) >= 11 is 1.86. The van der Waals surface area contributed by atoms with Crippen molar-refractivity contribution in [1.82, 2.24) is 0 Å². The maximum Gasteiger partial charge on any atom is 0.143 e. The summed E-state index contributed by atoms with van der Waals surface area (Å²) in [6.07, 6.45) is 0. The molecule has 2 aromatic heterocycles. The van der Waals surface area contributed by atoms with Gasteiger partial charge in [0.2, 0.25) is 0 Å². The van der Waals surface area contributed by atoms with Crippen molar-refractivity contribution in [2.24, 2.45) is 0 Å². The van der Waals surface area contributed by atoms with E-state index in [4.69, 9.17) is 4.42 Å². The van der Waals surface area contributed by atoms with E-state index < -0.39 is 0 Å². The number of furan rings is 1. The molecule has 0 unspecified atom stereocenters. The lowest BCUT2D eigenvalue weighted by molar-refractivity contribution is 0.672. The summed E-state index contributed by atoms with van der Waals surface area (Å²) in [5.74, 6) is 0. The van der Waals surface area contributed by atoms with Crippen LogP contribution in [0.2, 0.25) is 0 Å². The monoisotopic (exact) mass is 693 g/mol. The Bertz CT molecular complexity index is 3160. The van der Waals surface area contributed by atoms with Gasteiger partial charge >= 0.3 is 0 Å². The van der Waals surface area contributed by atoms with E-state index in [1.165, 1.54) is 58.6 Å². The molecule has 3 heteroatoms. The molecule has 0 aliphatic rings. The van der Waals surface area contributed by atoms with Crippen LogP contribution in [0.5, 0.6) is 0 Å². The Hall–Kier alpha value is -6.68. The van der Waals surface area contributed by atoms with Crippen molar-refractivity contribution < 1.29 is 4.42 Å². The third kappa shape index (κ3) is 4.78. The topological polar surface area (TPSA) is 16.4 Å². The molecule has 0 atom stereocenters. The first kappa shape index (κ1) is 30.0. The van der Waals surface area contributed by atoms with Gasteiger partial charge in [0.25, 0.3) is 0 Å². The van der Waals surface area contributed by atoms with E-state index in [-0.39, 0.29) is 0 Å². The maximum atomic E-state index is 6.67. The number of thiophene rings is 1. The number of hydrogen-bond acceptors (Lipinski definition) is 3.